The highest BCUT2D eigenvalue weighted by molar-refractivity contribution is 5.94. The maximum absolute atomic E-state index is 4.66. The van der Waals surface area contributed by atoms with Gasteiger partial charge in [0.15, 0.2) is 0 Å². The summed E-state index contributed by atoms with van der Waals surface area (Å²) in [4.78, 5) is 5.29. The lowest BCUT2D eigenvalue weighted by Crippen LogP contribution is -2.56. The van der Waals surface area contributed by atoms with Crippen LogP contribution in [0.15, 0.2) is 54.7 Å². The predicted molar refractivity (Wildman–Crippen MR) is 120 cm³/mol. The number of nitrogens with zero attached hydrogens (tertiary/aromatic N) is 2. The van der Waals surface area contributed by atoms with Crippen LogP contribution < -0.4 is 9.80 Å². The predicted octanol–water partition coefficient (Wildman–Crippen LogP) is 7.00. The number of hydrogen-bond acceptors (Lipinski definition) is 2. The molecule has 0 bridgehead atoms. The van der Waals surface area contributed by atoms with E-state index >= 15 is 0 Å². The van der Waals surface area contributed by atoms with Crippen molar-refractivity contribution in [3.8, 4) is 0 Å². The van der Waals surface area contributed by atoms with Crippen molar-refractivity contribution in [3.05, 3.63) is 71.4 Å². The molecule has 0 N–H and O–H groups in total. The summed E-state index contributed by atoms with van der Waals surface area (Å²) in [7, 11) is 0. The molecule has 144 valence electrons. The number of anilines is 2. The van der Waals surface area contributed by atoms with Crippen LogP contribution in [-0.4, -0.2) is 5.54 Å². The molecule has 0 spiro atoms. The fourth-order valence-corrected chi connectivity index (χ4v) is 5.70. The Bertz CT molecular complexity index is 1020. The van der Waals surface area contributed by atoms with Gasteiger partial charge in [-0.1, -0.05) is 71.5 Å². The van der Waals surface area contributed by atoms with Crippen LogP contribution in [0.1, 0.15) is 70.3 Å². The summed E-state index contributed by atoms with van der Waals surface area (Å²) in [5.41, 5.74) is 9.47. The number of para-hydroxylation sites is 2. The lowest BCUT2D eigenvalue weighted by molar-refractivity contribution is 0.390. The van der Waals surface area contributed by atoms with Crippen molar-refractivity contribution in [2.45, 2.75) is 59.2 Å². The highest BCUT2D eigenvalue weighted by atomic mass is 15.5. The first kappa shape index (κ1) is 17.6. The molecule has 0 aromatic heterocycles. The fourth-order valence-electron chi connectivity index (χ4n) is 5.70. The van der Waals surface area contributed by atoms with E-state index in [0.717, 1.165) is 12.8 Å². The molecule has 0 saturated heterocycles. The molecule has 3 heterocycles. The van der Waals surface area contributed by atoms with E-state index in [1.165, 1.54) is 39.3 Å². The largest absolute Gasteiger partial charge is 0.335 e. The number of fused-ring (bicyclic) bond motifs is 3. The van der Waals surface area contributed by atoms with Gasteiger partial charge in [-0.25, -0.2) is 0 Å². The molecule has 2 heteroatoms. The van der Waals surface area contributed by atoms with Crippen molar-refractivity contribution >= 4 is 23.0 Å². The minimum atomic E-state index is -0.0541. The van der Waals surface area contributed by atoms with Crippen LogP contribution in [-0.2, 0) is 0 Å². The van der Waals surface area contributed by atoms with E-state index in [9.17, 15) is 0 Å². The SMILES string of the molecule is C=C1c2cccc3c2C2N(C(C(C)(C)C)=C3)c3ccccc3N2C1(CC)CC. The topological polar surface area (TPSA) is 6.48 Å². The van der Waals surface area contributed by atoms with E-state index in [4.69, 9.17) is 0 Å². The third-order valence-electron chi connectivity index (χ3n) is 7.13. The Hall–Kier alpha value is -2.48. The molecule has 1 unspecified atom stereocenters. The summed E-state index contributed by atoms with van der Waals surface area (Å²) in [5, 5.41) is 0. The Morgan fingerprint density at radius 2 is 1.64 bits per heavy atom. The Morgan fingerprint density at radius 1 is 0.964 bits per heavy atom. The van der Waals surface area contributed by atoms with Crippen molar-refractivity contribution < 1.29 is 0 Å². The number of benzene rings is 2. The summed E-state index contributed by atoms with van der Waals surface area (Å²) in [6.07, 6.45) is 4.74. The maximum atomic E-state index is 4.66. The van der Waals surface area contributed by atoms with Gasteiger partial charge in [0.25, 0.3) is 0 Å². The van der Waals surface area contributed by atoms with Gasteiger partial charge in [-0.15, -0.1) is 0 Å². The molecule has 3 aliphatic heterocycles. The van der Waals surface area contributed by atoms with Crippen molar-refractivity contribution in [2.24, 2.45) is 5.41 Å². The van der Waals surface area contributed by atoms with E-state index in [1.54, 1.807) is 0 Å². The first-order valence-electron chi connectivity index (χ1n) is 10.6. The smallest absolute Gasteiger partial charge is 0.134 e. The summed E-state index contributed by atoms with van der Waals surface area (Å²) in [6, 6.07) is 15.7. The summed E-state index contributed by atoms with van der Waals surface area (Å²) < 4.78 is 0. The maximum Gasteiger partial charge on any atom is 0.134 e. The number of allylic oxidation sites excluding steroid dienone is 1. The van der Waals surface area contributed by atoms with E-state index in [1.807, 2.05) is 0 Å². The average molecular weight is 371 g/mol. The minimum Gasteiger partial charge on any atom is -0.335 e. The minimum absolute atomic E-state index is 0.0541. The van der Waals surface area contributed by atoms with Gasteiger partial charge in [-0.2, -0.15) is 0 Å². The summed E-state index contributed by atoms with van der Waals surface area (Å²) in [5.74, 6) is 0. The van der Waals surface area contributed by atoms with Gasteiger partial charge in [0.05, 0.1) is 16.9 Å². The monoisotopic (exact) mass is 370 g/mol. The fraction of sp³-hybridized carbons (Fsp3) is 0.385. The van der Waals surface area contributed by atoms with Crippen LogP contribution in [0.25, 0.3) is 11.6 Å². The zero-order chi connectivity index (χ0) is 19.8. The van der Waals surface area contributed by atoms with Crippen LogP contribution in [0.5, 0.6) is 0 Å². The molecule has 0 saturated carbocycles. The van der Waals surface area contributed by atoms with Crippen molar-refractivity contribution in [1.82, 2.24) is 0 Å². The molecule has 0 radical (unpaired) electrons. The third-order valence-corrected chi connectivity index (χ3v) is 7.13. The normalized spacial score (nSPS) is 21.4. The summed E-state index contributed by atoms with van der Waals surface area (Å²) in [6.45, 7) is 16.3. The molecule has 3 aliphatic rings. The van der Waals surface area contributed by atoms with Crippen molar-refractivity contribution in [3.63, 3.8) is 0 Å². The highest BCUT2D eigenvalue weighted by Gasteiger charge is 2.55. The van der Waals surface area contributed by atoms with Gasteiger partial charge < -0.3 is 9.80 Å². The molecule has 1 atom stereocenters. The first-order valence-corrected chi connectivity index (χ1v) is 10.6. The second-order valence-electron chi connectivity index (χ2n) is 9.41. The number of hydrogen-bond donors (Lipinski definition) is 0. The molecule has 0 aliphatic carbocycles. The first-order chi connectivity index (χ1) is 13.3. The van der Waals surface area contributed by atoms with Gasteiger partial charge >= 0.3 is 0 Å². The quantitative estimate of drug-likeness (QED) is 0.561. The zero-order valence-corrected chi connectivity index (χ0v) is 17.7. The standard InChI is InChI=1S/C26H30N2/c1-7-26(8-2)17(3)19-13-11-12-18-16-22(25(4,5)6)27-20-14-9-10-15-21(20)28(26)24(27)23(18)19/h9-16,24H,3,7-8H2,1-2,4-6H3. The molecule has 0 amide bonds. The van der Waals surface area contributed by atoms with Crippen molar-refractivity contribution in [2.75, 3.05) is 9.80 Å². The van der Waals surface area contributed by atoms with Gasteiger partial charge in [-0.3, -0.25) is 0 Å². The molecular formula is C26H30N2. The molecule has 0 fully saturated rings. The van der Waals surface area contributed by atoms with Crippen LogP contribution in [0.4, 0.5) is 11.4 Å². The summed E-state index contributed by atoms with van der Waals surface area (Å²) >= 11 is 0. The van der Waals surface area contributed by atoms with Gasteiger partial charge in [0.1, 0.15) is 6.17 Å². The zero-order valence-electron chi connectivity index (χ0n) is 17.7. The lowest BCUT2D eigenvalue weighted by Gasteiger charge is -2.55. The van der Waals surface area contributed by atoms with Crippen LogP contribution >= 0.6 is 0 Å². The van der Waals surface area contributed by atoms with E-state index in [2.05, 4.69) is 99.5 Å². The molecule has 2 nitrogen and oxygen atoms in total. The van der Waals surface area contributed by atoms with Crippen LogP contribution in [0.3, 0.4) is 0 Å². The van der Waals surface area contributed by atoms with Gasteiger partial charge in [-0.05, 0) is 47.8 Å². The van der Waals surface area contributed by atoms with Gasteiger partial charge in [0.2, 0.25) is 0 Å². The Morgan fingerprint density at radius 3 is 2.29 bits per heavy atom. The number of rotatable bonds is 2. The molecular weight excluding hydrogens is 340 g/mol. The van der Waals surface area contributed by atoms with Crippen molar-refractivity contribution in [1.29, 1.82) is 0 Å². The lowest BCUT2D eigenvalue weighted by atomic mass is 9.72. The van der Waals surface area contributed by atoms with E-state index in [0.29, 0.717) is 0 Å². The van der Waals surface area contributed by atoms with Gasteiger partial charge in [0, 0.05) is 16.7 Å². The second kappa shape index (κ2) is 5.53. The molecule has 2 aromatic carbocycles. The molecule has 28 heavy (non-hydrogen) atoms. The Balaban J connectivity index is 1.92. The van der Waals surface area contributed by atoms with E-state index in [-0.39, 0.29) is 17.1 Å². The third kappa shape index (κ3) is 1.93. The second-order valence-corrected chi connectivity index (χ2v) is 9.41. The Kier molecular flexibility index (Phi) is 3.48. The Labute approximate surface area is 169 Å². The highest BCUT2D eigenvalue weighted by Crippen LogP contribution is 2.62. The molecule has 2 aromatic rings. The van der Waals surface area contributed by atoms with Crippen LogP contribution in [0, 0.1) is 5.41 Å². The van der Waals surface area contributed by atoms with E-state index < -0.39 is 0 Å². The van der Waals surface area contributed by atoms with Crippen LogP contribution in [0.2, 0.25) is 0 Å². The average Bonchev–Trinajstić information content (AvgIpc) is 3.03. The molecule has 5 rings (SSSR count).